The predicted molar refractivity (Wildman–Crippen MR) is 154 cm³/mol. The van der Waals surface area contributed by atoms with Crippen molar-refractivity contribution in [1.29, 1.82) is 0 Å². The standard InChI is InChI=1S/C27H25N5O3S2.ClH/c1-15-22-25(32(2)19-14-21(33)29-26(19)34)30-24(20-4-3-13-36-20)31-27(22)37-23(15)16-5-7-17(8-6-16)35-18-9-11-28-12-10-18;/h3-8,13-14,18,28H,9-12H2,1-2H3,(H,29,33,34);1H. The molecule has 6 rings (SSSR count). The molecule has 0 radical (unpaired) electrons. The van der Waals surface area contributed by atoms with Crippen LogP contribution in [0.4, 0.5) is 5.82 Å². The number of nitrogens with one attached hydrogen (secondary N) is 2. The molecule has 0 spiro atoms. The van der Waals surface area contributed by atoms with Crippen LogP contribution in [0.3, 0.4) is 0 Å². The third-order valence-electron chi connectivity index (χ3n) is 6.63. The molecule has 0 bridgehead atoms. The van der Waals surface area contributed by atoms with Crippen LogP contribution in [-0.2, 0) is 9.59 Å². The van der Waals surface area contributed by atoms with Crippen molar-refractivity contribution in [2.75, 3.05) is 25.0 Å². The number of carbonyl (C=O) groups is 2. The SMILES string of the molecule is Cc1c(-c2ccc(OC3CCNCC3)cc2)sc2nc(-c3cccs3)nc(N(C)C3=CC(=O)NC3=O)c12.Cl. The highest BCUT2D eigenvalue weighted by molar-refractivity contribution is 7.22. The summed E-state index contributed by atoms with van der Waals surface area (Å²) in [5.41, 5.74) is 2.35. The summed E-state index contributed by atoms with van der Waals surface area (Å²) in [6, 6.07) is 12.1. The van der Waals surface area contributed by atoms with Gasteiger partial charge in [-0.05, 0) is 79.7 Å². The summed E-state index contributed by atoms with van der Waals surface area (Å²) in [6.07, 6.45) is 3.58. The van der Waals surface area contributed by atoms with Gasteiger partial charge in [-0.2, -0.15) is 0 Å². The number of fused-ring (bicyclic) bond motifs is 1. The molecule has 2 aliphatic rings. The van der Waals surface area contributed by atoms with Gasteiger partial charge >= 0.3 is 0 Å². The summed E-state index contributed by atoms with van der Waals surface area (Å²) < 4.78 is 6.18. The number of likely N-dealkylation sites (N-methyl/N-ethyl adjacent to an activating group) is 1. The van der Waals surface area contributed by atoms with E-state index in [9.17, 15) is 9.59 Å². The van der Waals surface area contributed by atoms with Crippen LogP contribution in [0.5, 0.6) is 5.75 Å². The highest BCUT2D eigenvalue weighted by atomic mass is 35.5. The fourth-order valence-electron chi connectivity index (χ4n) is 4.71. The largest absolute Gasteiger partial charge is 0.490 e. The van der Waals surface area contributed by atoms with Crippen LogP contribution in [0.2, 0.25) is 0 Å². The lowest BCUT2D eigenvalue weighted by molar-refractivity contribution is -0.123. The van der Waals surface area contributed by atoms with E-state index < -0.39 is 11.8 Å². The number of carbonyl (C=O) groups excluding carboxylic acids is 2. The number of aromatic nitrogens is 2. The number of amides is 2. The lowest BCUT2D eigenvalue weighted by atomic mass is 10.1. The van der Waals surface area contributed by atoms with Crippen LogP contribution in [0.15, 0.2) is 53.6 Å². The predicted octanol–water partition coefficient (Wildman–Crippen LogP) is 4.92. The number of thiophene rings is 2. The molecule has 5 heterocycles. The van der Waals surface area contributed by atoms with Crippen molar-refractivity contribution in [1.82, 2.24) is 20.6 Å². The zero-order chi connectivity index (χ0) is 25.5. The lowest BCUT2D eigenvalue weighted by Crippen LogP contribution is -2.34. The quantitative estimate of drug-likeness (QED) is 0.319. The molecule has 2 aliphatic heterocycles. The Kier molecular flexibility index (Phi) is 7.49. The molecule has 8 nitrogen and oxygen atoms in total. The Bertz CT molecular complexity index is 1530. The minimum absolute atomic E-state index is 0. The second-order valence-corrected chi connectivity index (χ2v) is 11.0. The molecule has 0 aliphatic carbocycles. The summed E-state index contributed by atoms with van der Waals surface area (Å²) in [5.74, 6) is 1.20. The average Bonchev–Trinajstić information content (AvgIpc) is 3.64. The van der Waals surface area contributed by atoms with Crippen LogP contribution in [0.25, 0.3) is 31.4 Å². The normalized spacial score (nSPS) is 15.8. The molecule has 0 saturated carbocycles. The monoisotopic (exact) mass is 567 g/mol. The second kappa shape index (κ2) is 10.8. The van der Waals surface area contributed by atoms with Crippen LogP contribution >= 0.6 is 35.1 Å². The number of hydrogen-bond acceptors (Lipinski definition) is 9. The number of benzene rings is 1. The van der Waals surface area contributed by atoms with Gasteiger partial charge in [0, 0.05) is 18.0 Å². The lowest BCUT2D eigenvalue weighted by Gasteiger charge is -2.23. The number of imide groups is 1. The van der Waals surface area contributed by atoms with Crippen LogP contribution < -0.4 is 20.3 Å². The van der Waals surface area contributed by atoms with Crippen molar-refractivity contribution in [3.8, 4) is 26.9 Å². The van der Waals surface area contributed by atoms with Gasteiger partial charge in [0.1, 0.15) is 28.2 Å². The van der Waals surface area contributed by atoms with E-state index in [4.69, 9.17) is 14.7 Å². The van der Waals surface area contributed by atoms with E-state index in [0.717, 1.165) is 62.8 Å². The number of nitrogens with zero attached hydrogens (tertiary/aromatic N) is 3. The molecule has 1 aromatic carbocycles. The van der Waals surface area contributed by atoms with Gasteiger partial charge in [-0.15, -0.1) is 35.1 Å². The fourth-order valence-corrected chi connectivity index (χ4v) is 6.55. The first-order valence-electron chi connectivity index (χ1n) is 12.1. The molecule has 11 heteroatoms. The molecule has 38 heavy (non-hydrogen) atoms. The maximum absolute atomic E-state index is 12.4. The molecule has 2 amide bonds. The molecule has 1 saturated heterocycles. The van der Waals surface area contributed by atoms with E-state index in [1.54, 1.807) is 34.6 Å². The maximum atomic E-state index is 12.4. The summed E-state index contributed by atoms with van der Waals surface area (Å²) >= 11 is 3.15. The van der Waals surface area contributed by atoms with E-state index in [1.807, 2.05) is 36.6 Å². The number of aryl methyl sites for hydroxylation is 1. The minimum atomic E-state index is -0.436. The number of anilines is 1. The number of hydrogen-bond donors (Lipinski definition) is 2. The first-order valence-corrected chi connectivity index (χ1v) is 13.8. The molecular formula is C27H26ClN5O3S2. The Balaban J connectivity index is 0.00000294. The molecule has 196 valence electrons. The number of halogens is 1. The van der Waals surface area contributed by atoms with Crippen molar-refractivity contribution in [3.05, 3.63) is 59.1 Å². The average molecular weight is 568 g/mol. The number of rotatable bonds is 6. The van der Waals surface area contributed by atoms with Gasteiger partial charge in [-0.3, -0.25) is 14.9 Å². The Hall–Kier alpha value is -3.31. The Morgan fingerprint density at radius 2 is 1.84 bits per heavy atom. The van der Waals surface area contributed by atoms with Gasteiger partial charge < -0.3 is 15.0 Å². The molecule has 0 unspecified atom stereocenters. The van der Waals surface area contributed by atoms with E-state index >= 15 is 0 Å². The van der Waals surface area contributed by atoms with Gasteiger partial charge in [0.05, 0.1) is 10.3 Å². The zero-order valence-corrected chi connectivity index (χ0v) is 23.3. The molecule has 3 aromatic heterocycles. The van der Waals surface area contributed by atoms with Gasteiger partial charge in [-0.25, -0.2) is 9.97 Å². The van der Waals surface area contributed by atoms with Gasteiger partial charge in [-0.1, -0.05) is 6.07 Å². The summed E-state index contributed by atoms with van der Waals surface area (Å²) in [4.78, 5) is 38.6. The molecule has 1 fully saturated rings. The minimum Gasteiger partial charge on any atom is -0.490 e. The topological polar surface area (TPSA) is 96.4 Å². The van der Waals surface area contributed by atoms with Crippen LogP contribution in [0.1, 0.15) is 18.4 Å². The van der Waals surface area contributed by atoms with Crippen LogP contribution in [-0.4, -0.2) is 48.0 Å². The highest BCUT2D eigenvalue weighted by Crippen LogP contribution is 2.43. The smallest absolute Gasteiger partial charge is 0.274 e. The molecular weight excluding hydrogens is 542 g/mol. The van der Waals surface area contributed by atoms with Crippen LogP contribution in [0, 0.1) is 6.92 Å². The Morgan fingerprint density at radius 1 is 1.08 bits per heavy atom. The molecule has 0 atom stereocenters. The van der Waals surface area contributed by atoms with Gasteiger partial charge in [0.2, 0.25) is 0 Å². The molecule has 4 aromatic rings. The fraction of sp³-hybridized carbons (Fsp3) is 0.259. The van der Waals surface area contributed by atoms with Crippen molar-refractivity contribution >= 4 is 62.9 Å². The summed E-state index contributed by atoms with van der Waals surface area (Å²) in [5, 5.41) is 8.53. The zero-order valence-electron chi connectivity index (χ0n) is 20.8. The Morgan fingerprint density at radius 3 is 2.50 bits per heavy atom. The van der Waals surface area contributed by atoms with E-state index in [2.05, 4.69) is 22.8 Å². The van der Waals surface area contributed by atoms with E-state index in [0.29, 0.717) is 11.6 Å². The van der Waals surface area contributed by atoms with Crippen molar-refractivity contribution in [3.63, 3.8) is 0 Å². The van der Waals surface area contributed by atoms with E-state index in [-0.39, 0.29) is 24.2 Å². The third kappa shape index (κ3) is 4.92. The first kappa shape index (κ1) is 26.3. The number of ether oxygens (including phenoxy) is 1. The second-order valence-electron chi connectivity index (χ2n) is 9.08. The third-order valence-corrected chi connectivity index (χ3v) is 8.73. The summed E-state index contributed by atoms with van der Waals surface area (Å²) in [7, 11) is 1.76. The summed E-state index contributed by atoms with van der Waals surface area (Å²) in [6.45, 7) is 4.02. The highest BCUT2D eigenvalue weighted by Gasteiger charge is 2.29. The molecule has 2 N–H and O–H groups in total. The van der Waals surface area contributed by atoms with E-state index in [1.165, 1.54) is 6.08 Å². The Labute approximate surface area is 234 Å². The van der Waals surface area contributed by atoms with Crippen molar-refractivity contribution in [2.24, 2.45) is 0 Å². The number of piperidine rings is 1. The van der Waals surface area contributed by atoms with Gasteiger partial charge in [0.15, 0.2) is 5.82 Å². The van der Waals surface area contributed by atoms with Gasteiger partial charge in [0.25, 0.3) is 11.8 Å². The maximum Gasteiger partial charge on any atom is 0.274 e. The first-order chi connectivity index (χ1) is 18.0. The van der Waals surface area contributed by atoms with Crippen molar-refractivity contribution < 1.29 is 14.3 Å². The van der Waals surface area contributed by atoms with Crippen molar-refractivity contribution in [2.45, 2.75) is 25.9 Å².